The van der Waals surface area contributed by atoms with Crippen molar-refractivity contribution in [1.82, 2.24) is 5.43 Å². The van der Waals surface area contributed by atoms with Crippen LogP contribution in [0.15, 0.2) is 65.1 Å². The number of methoxy groups -OCH3 is 1. The summed E-state index contributed by atoms with van der Waals surface area (Å²) in [5, 5.41) is 11.5. The van der Waals surface area contributed by atoms with E-state index in [0.29, 0.717) is 5.56 Å². The van der Waals surface area contributed by atoms with E-state index in [-0.39, 0.29) is 28.7 Å². The predicted molar refractivity (Wildman–Crippen MR) is 146 cm³/mol. The number of hydrazine groups is 1. The van der Waals surface area contributed by atoms with Crippen LogP contribution in [0.1, 0.15) is 35.2 Å². The van der Waals surface area contributed by atoms with Crippen LogP contribution in [0.3, 0.4) is 0 Å². The van der Waals surface area contributed by atoms with E-state index in [4.69, 9.17) is 16.3 Å². The number of anilines is 3. The number of aromatic carboxylic acids is 1. The third-order valence-corrected chi connectivity index (χ3v) is 6.80. The molecule has 2 N–H and O–H groups in total. The maximum atomic E-state index is 13.4. The Balaban J connectivity index is 1.69. The van der Waals surface area contributed by atoms with E-state index in [1.807, 2.05) is 42.5 Å². The van der Waals surface area contributed by atoms with Crippen LogP contribution in [-0.2, 0) is 11.2 Å². The number of piperidine rings is 1. The second-order valence-corrected chi connectivity index (χ2v) is 9.86. The van der Waals surface area contributed by atoms with Crippen molar-refractivity contribution < 1.29 is 19.4 Å². The first-order chi connectivity index (χ1) is 17.4. The maximum Gasteiger partial charge on any atom is 0.339 e. The molecular weight excluding hydrogens is 546 g/mol. The molecule has 0 aliphatic carbocycles. The highest BCUT2D eigenvalue weighted by Crippen LogP contribution is 2.35. The number of rotatable bonds is 8. The van der Waals surface area contributed by atoms with Gasteiger partial charge in [-0.15, -0.1) is 0 Å². The van der Waals surface area contributed by atoms with E-state index in [9.17, 15) is 14.7 Å². The Morgan fingerprint density at radius 3 is 2.44 bits per heavy atom. The van der Waals surface area contributed by atoms with Gasteiger partial charge in [-0.25, -0.2) is 4.79 Å². The van der Waals surface area contributed by atoms with Gasteiger partial charge in [0.05, 0.1) is 30.6 Å². The summed E-state index contributed by atoms with van der Waals surface area (Å²) in [6.07, 6.45) is 3.34. The van der Waals surface area contributed by atoms with Gasteiger partial charge in [-0.3, -0.25) is 15.2 Å². The molecule has 1 heterocycles. The first-order valence-electron chi connectivity index (χ1n) is 11.7. The molecule has 188 valence electrons. The van der Waals surface area contributed by atoms with Gasteiger partial charge < -0.3 is 14.7 Å². The predicted octanol–water partition coefficient (Wildman–Crippen LogP) is 6.21. The molecule has 1 aliphatic heterocycles. The second-order valence-electron chi connectivity index (χ2n) is 8.51. The largest absolute Gasteiger partial charge is 0.496 e. The third-order valence-electron chi connectivity index (χ3n) is 6.06. The summed E-state index contributed by atoms with van der Waals surface area (Å²) in [6.45, 7) is 1.91. The summed E-state index contributed by atoms with van der Waals surface area (Å²) in [6, 6.07) is 18.5. The van der Waals surface area contributed by atoms with Gasteiger partial charge in [0.25, 0.3) is 0 Å². The average Bonchev–Trinajstić information content (AvgIpc) is 2.88. The zero-order valence-electron chi connectivity index (χ0n) is 19.8. The van der Waals surface area contributed by atoms with Gasteiger partial charge in [0.15, 0.2) is 0 Å². The van der Waals surface area contributed by atoms with Gasteiger partial charge in [-0.2, -0.15) is 0 Å². The van der Waals surface area contributed by atoms with Crippen LogP contribution in [0.5, 0.6) is 5.75 Å². The van der Waals surface area contributed by atoms with E-state index >= 15 is 0 Å². The van der Waals surface area contributed by atoms with Crippen LogP contribution in [-0.4, -0.2) is 37.2 Å². The van der Waals surface area contributed by atoms with Gasteiger partial charge >= 0.3 is 5.97 Å². The van der Waals surface area contributed by atoms with Crippen molar-refractivity contribution in [2.75, 3.05) is 30.1 Å². The number of benzene rings is 3. The molecule has 7 nitrogen and oxygen atoms in total. The van der Waals surface area contributed by atoms with Crippen molar-refractivity contribution in [2.24, 2.45) is 0 Å². The Hall–Kier alpha value is -3.23. The minimum absolute atomic E-state index is 0.0898. The molecule has 0 unspecified atom stereocenters. The van der Waals surface area contributed by atoms with E-state index < -0.39 is 5.97 Å². The van der Waals surface area contributed by atoms with Gasteiger partial charge in [0.1, 0.15) is 11.3 Å². The van der Waals surface area contributed by atoms with Crippen molar-refractivity contribution in [3.05, 3.63) is 81.3 Å². The number of para-hydroxylation sites is 2. The Morgan fingerprint density at radius 1 is 1.08 bits per heavy atom. The van der Waals surface area contributed by atoms with Crippen LogP contribution in [0.4, 0.5) is 17.1 Å². The molecule has 36 heavy (non-hydrogen) atoms. The second kappa shape index (κ2) is 11.7. The lowest BCUT2D eigenvalue weighted by atomic mass is 10.1. The standard InChI is InChI=1S/C27H27BrClN3O4/c1-36-26-18(15-20(29)17-22(26)27(34)35)16-25(33)30-32(21-11-9-19(28)10-12-21)24-8-4-3-7-23(24)31-13-5-2-6-14-31/h3-4,7-12,15,17H,2,5-6,13-14,16H2,1H3,(H,30,33)(H,34,35). The van der Waals surface area contributed by atoms with Crippen LogP contribution >= 0.6 is 27.5 Å². The molecule has 3 aromatic carbocycles. The number of nitrogens with one attached hydrogen (secondary N) is 1. The lowest BCUT2D eigenvalue weighted by Gasteiger charge is -2.34. The number of carbonyl (C=O) groups is 2. The number of carboxylic acid groups (broad SMARTS) is 1. The first kappa shape index (κ1) is 25.9. The Kier molecular flexibility index (Phi) is 8.38. The summed E-state index contributed by atoms with van der Waals surface area (Å²) >= 11 is 9.63. The fourth-order valence-electron chi connectivity index (χ4n) is 4.43. The summed E-state index contributed by atoms with van der Waals surface area (Å²) < 4.78 is 6.26. The number of carboxylic acids is 1. The molecule has 0 spiro atoms. The van der Waals surface area contributed by atoms with Crippen molar-refractivity contribution in [3.63, 3.8) is 0 Å². The summed E-state index contributed by atoms with van der Waals surface area (Å²) in [4.78, 5) is 27.4. The topological polar surface area (TPSA) is 82.1 Å². The lowest BCUT2D eigenvalue weighted by Crippen LogP contribution is -2.41. The fraction of sp³-hybridized carbons (Fsp3) is 0.259. The molecule has 0 aromatic heterocycles. The zero-order valence-corrected chi connectivity index (χ0v) is 22.2. The molecule has 3 aromatic rings. The summed E-state index contributed by atoms with van der Waals surface area (Å²) in [5.74, 6) is -1.41. The third kappa shape index (κ3) is 5.94. The number of ether oxygens (including phenoxy) is 1. The van der Waals surface area contributed by atoms with Gasteiger partial charge in [0, 0.05) is 28.1 Å². The monoisotopic (exact) mass is 571 g/mol. The molecule has 1 aliphatic rings. The molecule has 0 radical (unpaired) electrons. The summed E-state index contributed by atoms with van der Waals surface area (Å²) in [5.41, 5.74) is 5.98. The minimum atomic E-state index is -1.18. The lowest BCUT2D eigenvalue weighted by molar-refractivity contribution is -0.120. The molecule has 0 atom stereocenters. The number of hydrogen-bond acceptors (Lipinski definition) is 5. The van der Waals surface area contributed by atoms with E-state index in [1.54, 1.807) is 11.1 Å². The van der Waals surface area contributed by atoms with Crippen molar-refractivity contribution in [2.45, 2.75) is 25.7 Å². The molecule has 9 heteroatoms. The highest BCUT2D eigenvalue weighted by atomic mass is 79.9. The van der Waals surface area contributed by atoms with Crippen molar-refractivity contribution in [1.29, 1.82) is 0 Å². The van der Waals surface area contributed by atoms with Crippen molar-refractivity contribution >= 4 is 56.5 Å². The Labute approximate surface area is 223 Å². The zero-order chi connectivity index (χ0) is 25.7. The number of amides is 1. The molecule has 0 bridgehead atoms. The smallest absolute Gasteiger partial charge is 0.339 e. The average molecular weight is 573 g/mol. The van der Waals surface area contributed by atoms with Crippen LogP contribution in [0.2, 0.25) is 5.02 Å². The van der Waals surface area contributed by atoms with Crippen LogP contribution in [0, 0.1) is 0 Å². The number of halogens is 2. The maximum absolute atomic E-state index is 13.4. The van der Waals surface area contributed by atoms with E-state index in [1.165, 1.54) is 19.6 Å². The van der Waals surface area contributed by atoms with Crippen LogP contribution < -0.4 is 20.1 Å². The molecule has 1 amide bonds. The molecule has 0 saturated carbocycles. The molecular formula is C27H27BrClN3O4. The first-order valence-corrected chi connectivity index (χ1v) is 12.8. The van der Waals surface area contributed by atoms with Gasteiger partial charge in [0.2, 0.25) is 5.91 Å². The van der Waals surface area contributed by atoms with Gasteiger partial charge in [-0.1, -0.05) is 39.7 Å². The highest BCUT2D eigenvalue weighted by Gasteiger charge is 2.23. The number of carbonyl (C=O) groups excluding carboxylic acids is 1. The van der Waals surface area contributed by atoms with Crippen LogP contribution in [0.25, 0.3) is 0 Å². The molecule has 4 rings (SSSR count). The van der Waals surface area contributed by atoms with Crippen molar-refractivity contribution in [3.8, 4) is 5.75 Å². The van der Waals surface area contributed by atoms with Gasteiger partial charge in [-0.05, 0) is 67.8 Å². The Bertz CT molecular complexity index is 1250. The van der Waals surface area contributed by atoms with E-state index in [0.717, 1.165) is 47.5 Å². The highest BCUT2D eigenvalue weighted by molar-refractivity contribution is 9.10. The quantitative estimate of drug-likeness (QED) is 0.312. The SMILES string of the molecule is COc1c(CC(=O)NN(c2ccc(Br)cc2)c2ccccc2N2CCCCC2)cc(Cl)cc1C(=O)O. The minimum Gasteiger partial charge on any atom is -0.496 e. The Morgan fingerprint density at radius 2 is 1.78 bits per heavy atom. The molecule has 1 fully saturated rings. The number of nitrogens with zero attached hydrogens (tertiary/aromatic N) is 2. The summed E-state index contributed by atoms with van der Waals surface area (Å²) in [7, 11) is 1.38. The fourth-order valence-corrected chi connectivity index (χ4v) is 4.93. The normalized spacial score (nSPS) is 13.2. The molecule has 1 saturated heterocycles. The van der Waals surface area contributed by atoms with E-state index in [2.05, 4.69) is 32.3 Å². The number of hydrogen-bond donors (Lipinski definition) is 2.